The van der Waals surface area contributed by atoms with E-state index in [2.05, 4.69) is 38.2 Å². The molecule has 0 amide bonds. The van der Waals surface area contributed by atoms with Crippen molar-refractivity contribution < 1.29 is 42.1 Å². The molecule has 67 heavy (non-hydrogen) atoms. The van der Waals surface area contributed by atoms with Gasteiger partial charge in [0.25, 0.3) is 7.82 Å². The van der Waals surface area contributed by atoms with Gasteiger partial charge in [0, 0.05) is 12.8 Å². The summed E-state index contributed by atoms with van der Waals surface area (Å²) in [4.78, 5) is 37.8. The Morgan fingerprint density at radius 1 is 0.463 bits per heavy atom. The fourth-order valence-corrected chi connectivity index (χ4v) is 9.01. The second-order valence-corrected chi connectivity index (χ2v) is 22.1. The van der Waals surface area contributed by atoms with Crippen LogP contribution in [0.1, 0.15) is 277 Å². The van der Waals surface area contributed by atoms with Gasteiger partial charge in [0.2, 0.25) is 0 Å². The number of carbonyl (C=O) groups is 2. The number of allylic oxidation sites excluding steroid dienone is 4. The molecule has 0 aromatic heterocycles. The van der Waals surface area contributed by atoms with Crippen molar-refractivity contribution in [2.24, 2.45) is 0 Å². The summed E-state index contributed by atoms with van der Waals surface area (Å²) in [5, 5.41) is 0. The van der Waals surface area contributed by atoms with Crippen molar-refractivity contribution in [3.05, 3.63) is 24.3 Å². The molecule has 0 spiro atoms. The van der Waals surface area contributed by atoms with Crippen molar-refractivity contribution in [3.63, 3.8) is 0 Å². The van der Waals surface area contributed by atoms with Gasteiger partial charge in [-0.25, -0.2) is 0 Å². The van der Waals surface area contributed by atoms with Gasteiger partial charge in [-0.1, -0.05) is 244 Å². The molecule has 0 heterocycles. The van der Waals surface area contributed by atoms with Crippen LogP contribution in [0.5, 0.6) is 0 Å². The number of quaternary nitrogens is 1. The van der Waals surface area contributed by atoms with Crippen molar-refractivity contribution in [3.8, 4) is 0 Å². The number of hydrogen-bond donors (Lipinski definition) is 0. The van der Waals surface area contributed by atoms with Gasteiger partial charge in [-0.3, -0.25) is 14.2 Å². The third-order valence-corrected chi connectivity index (χ3v) is 13.7. The molecule has 0 radical (unpaired) electrons. The molecular formula is C57H110NO8P. The fourth-order valence-electron chi connectivity index (χ4n) is 8.28. The zero-order valence-corrected chi connectivity index (χ0v) is 45.8. The highest BCUT2D eigenvalue weighted by Crippen LogP contribution is 2.38. The predicted molar refractivity (Wildman–Crippen MR) is 282 cm³/mol. The Bertz CT molecular complexity index is 1190. The molecule has 0 N–H and O–H groups in total. The maximum absolute atomic E-state index is 12.7. The normalized spacial score (nSPS) is 13.5. The molecule has 0 bridgehead atoms. The van der Waals surface area contributed by atoms with Gasteiger partial charge in [0.15, 0.2) is 6.10 Å². The SMILES string of the molecule is CCCCCC/C=C\C/C=C\CCCCCCCC(=O)OC(COC(=O)CCCCCCCCCCCCCCCCCCCCCCCCCCCCC)COP(=O)([O-])OCC[N+](C)(C)C. The van der Waals surface area contributed by atoms with E-state index in [4.69, 9.17) is 18.5 Å². The lowest BCUT2D eigenvalue weighted by atomic mass is 10.0. The molecule has 0 saturated carbocycles. The minimum absolute atomic E-state index is 0.0315. The first-order valence-corrected chi connectivity index (χ1v) is 30.0. The van der Waals surface area contributed by atoms with Gasteiger partial charge < -0.3 is 27.9 Å². The van der Waals surface area contributed by atoms with Crippen LogP contribution in [0.15, 0.2) is 24.3 Å². The summed E-state index contributed by atoms with van der Waals surface area (Å²) in [5.41, 5.74) is 0. The molecule has 0 aliphatic heterocycles. The van der Waals surface area contributed by atoms with Gasteiger partial charge in [0.1, 0.15) is 19.8 Å². The number of unbranched alkanes of at least 4 members (excludes halogenated alkanes) is 35. The first-order valence-electron chi connectivity index (χ1n) is 28.5. The largest absolute Gasteiger partial charge is 0.756 e. The average molecular weight is 968 g/mol. The first-order chi connectivity index (χ1) is 32.5. The van der Waals surface area contributed by atoms with Crippen molar-refractivity contribution in [2.45, 2.75) is 283 Å². The minimum Gasteiger partial charge on any atom is -0.756 e. The highest BCUT2D eigenvalue weighted by Gasteiger charge is 2.22. The van der Waals surface area contributed by atoms with Crippen LogP contribution in [0, 0.1) is 0 Å². The lowest BCUT2D eigenvalue weighted by molar-refractivity contribution is -0.870. The fraction of sp³-hybridized carbons (Fsp3) is 0.895. The van der Waals surface area contributed by atoms with E-state index in [0.717, 1.165) is 57.8 Å². The van der Waals surface area contributed by atoms with Crippen LogP contribution >= 0.6 is 7.82 Å². The Morgan fingerprint density at radius 3 is 1.19 bits per heavy atom. The summed E-state index contributed by atoms with van der Waals surface area (Å²) in [7, 11) is 1.17. The van der Waals surface area contributed by atoms with Crippen LogP contribution in [0.3, 0.4) is 0 Å². The number of hydrogen-bond acceptors (Lipinski definition) is 8. The van der Waals surface area contributed by atoms with Gasteiger partial charge >= 0.3 is 11.9 Å². The molecule has 0 fully saturated rings. The molecule has 2 atom stereocenters. The molecule has 2 unspecified atom stereocenters. The second-order valence-electron chi connectivity index (χ2n) is 20.7. The highest BCUT2D eigenvalue weighted by molar-refractivity contribution is 7.45. The first kappa shape index (κ1) is 65.5. The zero-order chi connectivity index (χ0) is 49.2. The van der Waals surface area contributed by atoms with Crippen molar-refractivity contribution in [2.75, 3.05) is 47.5 Å². The van der Waals surface area contributed by atoms with Gasteiger partial charge in [0.05, 0.1) is 27.7 Å². The number of phosphoric acid groups is 1. The minimum atomic E-state index is -4.63. The quantitative estimate of drug-likeness (QED) is 0.0195. The smallest absolute Gasteiger partial charge is 0.306 e. The van der Waals surface area contributed by atoms with E-state index in [9.17, 15) is 19.0 Å². The molecular weight excluding hydrogens is 858 g/mol. The molecule has 0 aromatic rings. The molecule has 0 aromatic carbocycles. The standard InChI is InChI=1S/C57H110NO8P/c1-6-8-10-12-14-16-18-20-22-24-25-26-27-28-29-30-31-32-33-34-36-37-39-41-43-45-47-49-56(59)63-53-55(54-65-67(61,62)64-52-51-58(3,4)5)66-57(60)50-48-46-44-42-40-38-35-23-21-19-17-15-13-11-9-7-2/h17,19,23,35,55H,6-16,18,20-22,24-34,36-54H2,1-5H3/b19-17-,35-23-. The van der Waals surface area contributed by atoms with Gasteiger partial charge in [-0.2, -0.15) is 0 Å². The Balaban J connectivity index is 4.08. The molecule has 10 heteroatoms. The maximum atomic E-state index is 12.7. The topological polar surface area (TPSA) is 111 Å². The number of likely N-dealkylation sites (N-methyl/N-ethyl adjacent to an activating group) is 1. The number of carbonyl (C=O) groups excluding carboxylic acids is 2. The summed E-state index contributed by atoms with van der Waals surface area (Å²) < 4.78 is 34.1. The van der Waals surface area contributed by atoms with Crippen LogP contribution in [0.2, 0.25) is 0 Å². The molecule has 0 aliphatic carbocycles. The van der Waals surface area contributed by atoms with E-state index in [1.54, 1.807) is 0 Å². The van der Waals surface area contributed by atoms with Gasteiger partial charge in [-0.15, -0.1) is 0 Å². The van der Waals surface area contributed by atoms with Crippen molar-refractivity contribution in [1.82, 2.24) is 0 Å². The lowest BCUT2D eigenvalue weighted by Gasteiger charge is -2.28. The summed E-state index contributed by atoms with van der Waals surface area (Å²) in [6.07, 6.45) is 58.0. The van der Waals surface area contributed by atoms with Crippen LogP contribution < -0.4 is 4.89 Å². The number of phosphoric ester groups is 1. The third-order valence-electron chi connectivity index (χ3n) is 12.7. The molecule has 396 valence electrons. The maximum Gasteiger partial charge on any atom is 0.306 e. The molecule has 0 rings (SSSR count). The van der Waals surface area contributed by atoms with E-state index < -0.39 is 26.5 Å². The van der Waals surface area contributed by atoms with Crippen LogP contribution in [-0.4, -0.2) is 70.0 Å². The Labute approximate surface area is 415 Å². The highest BCUT2D eigenvalue weighted by atomic mass is 31.2. The van der Waals surface area contributed by atoms with Crippen LogP contribution in [-0.2, 0) is 32.7 Å². The van der Waals surface area contributed by atoms with E-state index in [1.807, 2.05) is 21.1 Å². The van der Waals surface area contributed by atoms with Crippen molar-refractivity contribution in [1.29, 1.82) is 0 Å². The average Bonchev–Trinajstić information content (AvgIpc) is 3.29. The molecule has 0 saturated heterocycles. The summed E-state index contributed by atoms with van der Waals surface area (Å²) >= 11 is 0. The third kappa shape index (κ3) is 53.7. The number of esters is 2. The number of nitrogens with zero attached hydrogens (tertiary/aromatic N) is 1. The van der Waals surface area contributed by atoms with E-state index in [1.165, 1.54) is 186 Å². The van der Waals surface area contributed by atoms with Crippen molar-refractivity contribution >= 4 is 19.8 Å². The van der Waals surface area contributed by atoms with Gasteiger partial charge in [-0.05, 0) is 44.9 Å². The van der Waals surface area contributed by atoms with E-state index >= 15 is 0 Å². The number of ether oxygens (including phenoxy) is 2. The summed E-state index contributed by atoms with van der Waals surface area (Å²) in [5.74, 6) is -0.836. The van der Waals surface area contributed by atoms with E-state index in [0.29, 0.717) is 17.4 Å². The van der Waals surface area contributed by atoms with Crippen LogP contribution in [0.25, 0.3) is 0 Å². The summed E-state index contributed by atoms with van der Waals surface area (Å²) in [6.45, 7) is 4.25. The zero-order valence-electron chi connectivity index (χ0n) is 44.9. The number of rotatable bonds is 53. The van der Waals surface area contributed by atoms with Crippen LogP contribution in [0.4, 0.5) is 0 Å². The lowest BCUT2D eigenvalue weighted by Crippen LogP contribution is -2.37. The second kappa shape index (κ2) is 49.5. The Kier molecular flexibility index (Phi) is 48.4. The monoisotopic (exact) mass is 968 g/mol. The predicted octanol–water partition coefficient (Wildman–Crippen LogP) is 16.8. The molecule has 0 aliphatic rings. The summed E-state index contributed by atoms with van der Waals surface area (Å²) in [6, 6.07) is 0. The van der Waals surface area contributed by atoms with E-state index in [-0.39, 0.29) is 32.0 Å². The Morgan fingerprint density at radius 2 is 0.806 bits per heavy atom. The molecule has 9 nitrogen and oxygen atoms in total. The Hall–Kier alpha value is -1.51.